The van der Waals surface area contributed by atoms with Gasteiger partial charge in [0.05, 0.1) is 29.8 Å². The Morgan fingerprint density at radius 2 is 2.24 bits per heavy atom. The molecule has 0 amide bonds. The fraction of sp³-hybridized carbons (Fsp3) is 0.385. The summed E-state index contributed by atoms with van der Waals surface area (Å²) in [5.41, 5.74) is 0.940. The van der Waals surface area contributed by atoms with Crippen LogP contribution in [0.3, 0.4) is 0 Å². The topological polar surface area (TPSA) is 78.3 Å². The van der Waals surface area contributed by atoms with Crippen molar-refractivity contribution in [2.75, 3.05) is 18.6 Å². The second-order valence-electron chi connectivity index (χ2n) is 4.37. The molecule has 0 radical (unpaired) electrons. The van der Waals surface area contributed by atoms with E-state index in [4.69, 9.17) is 4.74 Å². The number of hydrogen-bond acceptors (Lipinski definition) is 6. The Labute approximate surface area is 127 Å². The number of sulfone groups is 1. The summed E-state index contributed by atoms with van der Waals surface area (Å²) in [6.45, 7) is 1.84. The van der Waals surface area contributed by atoms with Crippen LogP contribution >= 0.6 is 11.3 Å². The van der Waals surface area contributed by atoms with Gasteiger partial charge in [0.1, 0.15) is 11.4 Å². The third-order valence-electron chi connectivity index (χ3n) is 3.05. The molecular formula is C13H16N2O4S2. The van der Waals surface area contributed by atoms with Crippen LogP contribution in [-0.4, -0.2) is 43.1 Å². The molecule has 0 spiro atoms. The van der Waals surface area contributed by atoms with E-state index in [0.717, 1.165) is 4.88 Å². The first-order chi connectivity index (χ1) is 10.0. The van der Waals surface area contributed by atoms with Crippen molar-refractivity contribution < 1.29 is 17.9 Å². The maximum absolute atomic E-state index is 11.5. The third-order valence-corrected chi connectivity index (χ3v) is 5.64. The average Bonchev–Trinajstić information content (AvgIpc) is 3.10. The molecule has 114 valence electrons. The summed E-state index contributed by atoms with van der Waals surface area (Å²) >= 11 is 1.42. The molecule has 0 atom stereocenters. The number of carbonyl (C=O) groups excluding carboxylic acids is 1. The van der Waals surface area contributed by atoms with Crippen molar-refractivity contribution in [3.05, 3.63) is 23.2 Å². The Bertz CT molecular complexity index is 731. The van der Waals surface area contributed by atoms with E-state index in [1.807, 2.05) is 5.38 Å². The van der Waals surface area contributed by atoms with E-state index < -0.39 is 9.84 Å². The van der Waals surface area contributed by atoms with Crippen LogP contribution in [0, 0.1) is 0 Å². The van der Waals surface area contributed by atoms with Crippen molar-refractivity contribution in [2.24, 2.45) is 0 Å². The van der Waals surface area contributed by atoms with Gasteiger partial charge in [-0.3, -0.25) is 9.48 Å². The number of hydrogen-bond donors (Lipinski definition) is 0. The minimum absolute atomic E-state index is 0.00446. The lowest BCUT2D eigenvalue weighted by atomic mass is 10.2. The molecule has 2 aromatic rings. The Kier molecular flexibility index (Phi) is 4.79. The highest BCUT2D eigenvalue weighted by Gasteiger charge is 2.17. The molecular weight excluding hydrogens is 312 g/mol. The van der Waals surface area contributed by atoms with Crippen LogP contribution in [0.5, 0.6) is 5.75 Å². The molecule has 6 nitrogen and oxygen atoms in total. The molecule has 0 unspecified atom stereocenters. The summed E-state index contributed by atoms with van der Waals surface area (Å²) in [5.74, 6) is 0.750. The van der Waals surface area contributed by atoms with E-state index in [9.17, 15) is 13.2 Å². The van der Waals surface area contributed by atoms with Crippen LogP contribution in [0.15, 0.2) is 17.6 Å². The number of methoxy groups -OCH3 is 1. The lowest BCUT2D eigenvalue weighted by Crippen LogP contribution is -2.14. The highest BCUT2D eigenvalue weighted by atomic mass is 32.2. The fourth-order valence-corrected chi connectivity index (χ4v) is 3.44. The monoisotopic (exact) mass is 328 g/mol. The fourth-order valence-electron chi connectivity index (χ4n) is 1.82. The molecule has 2 rings (SSSR count). The van der Waals surface area contributed by atoms with Crippen LogP contribution in [0.2, 0.25) is 0 Å². The van der Waals surface area contributed by atoms with Gasteiger partial charge < -0.3 is 4.74 Å². The molecule has 0 aliphatic heterocycles. The highest BCUT2D eigenvalue weighted by Crippen LogP contribution is 2.35. The lowest BCUT2D eigenvalue weighted by molar-refractivity contribution is 0.112. The van der Waals surface area contributed by atoms with Crippen LogP contribution in [0.1, 0.15) is 17.3 Å². The summed E-state index contributed by atoms with van der Waals surface area (Å²) in [6, 6.07) is 1.80. The maximum Gasteiger partial charge on any atom is 0.153 e. The number of aldehydes is 1. The number of aryl methyl sites for hydroxylation is 1. The third kappa shape index (κ3) is 3.51. The highest BCUT2D eigenvalue weighted by molar-refractivity contribution is 7.91. The van der Waals surface area contributed by atoms with Gasteiger partial charge in [0.2, 0.25) is 0 Å². The van der Waals surface area contributed by atoms with Crippen molar-refractivity contribution >= 4 is 27.5 Å². The lowest BCUT2D eigenvalue weighted by Gasteiger charge is -2.02. The van der Waals surface area contributed by atoms with E-state index in [1.165, 1.54) is 16.0 Å². The average molecular weight is 328 g/mol. The summed E-state index contributed by atoms with van der Waals surface area (Å²) in [6.07, 6.45) is 2.28. The van der Waals surface area contributed by atoms with Gasteiger partial charge in [0.15, 0.2) is 16.1 Å². The second kappa shape index (κ2) is 6.40. The molecule has 0 aliphatic rings. The molecule has 0 saturated heterocycles. The summed E-state index contributed by atoms with van der Waals surface area (Å²) < 4.78 is 29.8. The normalized spacial score (nSPS) is 11.5. The number of nitrogens with zero attached hydrogens (tertiary/aromatic N) is 2. The van der Waals surface area contributed by atoms with Gasteiger partial charge in [-0.2, -0.15) is 5.10 Å². The van der Waals surface area contributed by atoms with Crippen LogP contribution in [-0.2, 0) is 16.4 Å². The van der Waals surface area contributed by atoms with Gasteiger partial charge in [-0.25, -0.2) is 8.42 Å². The van der Waals surface area contributed by atoms with Crippen molar-refractivity contribution in [3.63, 3.8) is 0 Å². The van der Waals surface area contributed by atoms with Gasteiger partial charge in [-0.15, -0.1) is 11.3 Å². The Hall–Kier alpha value is -1.67. The van der Waals surface area contributed by atoms with Gasteiger partial charge in [0, 0.05) is 11.9 Å². The van der Waals surface area contributed by atoms with Gasteiger partial charge >= 0.3 is 0 Å². The second-order valence-corrected chi connectivity index (χ2v) is 7.76. The van der Waals surface area contributed by atoms with Crippen LogP contribution in [0.4, 0.5) is 0 Å². The van der Waals surface area contributed by atoms with Crippen LogP contribution in [0.25, 0.3) is 10.6 Å². The molecule has 2 aromatic heterocycles. The van der Waals surface area contributed by atoms with E-state index in [1.54, 1.807) is 26.3 Å². The molecule has 8 heteroatoms. The molecule has 21 heavy (non-hydrogen) atoms. The van der Waals surface area contributed by atoms with E-state index in [2.05, 4.69) is 5.10 Å². The number of carbonyl (C=O) groups is 1. The van der Waals surface area contributed by atoms with Gasteiger partial charge in [0.25, 0.3) is 0 Å². The van der Waals surface area contributed by atoms with E-state index >= 15 is 0 Å². The summed E-state index contributed by atoms with van der Waals surface area (Å²) in [7, 11) is -1.51. The zero-order valence-electron chi connectivity index (χ0n) is 11.8. The molecule has 2 heterocycles. The SMILES string of the molecule is CCS(=O)(=O)CCn1cc(C=O)c(-c2sccc2OC)n1. The predicted molar refractivity (Wildman–Crippen MR) is 81.8 cm³/mol. The van der Waals surface area contributed by atoms with Gasteiger partial charge in [-0.05, 0) is 11.4 Å². The largest absolute Gasteiger partial charge is 0.495 e. The summed E-state index contributed by atoms with van der Waals surface area (Å²) in [5, 5.41) is 6.17. The van der Waals surface area contributed by atoms with Crippen molar-refractivity contribution in [2.45, 2.75) is 13.5 Å². The number of rotatable bonds is 7. The molecule has 0 N–H and O–H groups in total. The van der Waals surface area contributed by atoms with Crippen molar-refractivity contribution in [1.29, 1.82) is 0 Å². The standard InChI is InChI=1S/C13H16N2O4S2/c1-3-21(17,18)7-5-15-8-10(9-16)12(14-15)13-11(19-2)4-6-20-13/h4,6,8-9H,3,5,7H2,1-2H3. The zero-order chi connectivity index (χ0) is 15.5. The number of aromatic nitrogens is 2. The Morgan fingerprint density at radius 1 is 1.48 bits per heavy atom. The maximum atomic E-state index is 11.5. The van der Waals surface area contributed by atoms with Crippen molar-refractivity contribution in [1.82, 2.24) is 9.78 Å². The predicted octanol–water partition coefficient (Wildman–Crippen LogP) is 1.87. The Balaban J connectivity index is 2.30. The number of thiophene rings is 1. The van der Waals surface area contributed by atoms with E-state index in [-0.39, 0.29) is 18.1 Å². The minimum atomic E-state index is -3.07. The van der Waals surface area contributed by atoms with Crippen molar-refractivity contribution in [3.8, 4) is 16.3 Å². The van der Waals surface area contributed by atoms with Gasteiger partial charge in [-0.1, -0.05) is 6.92 Å². The van der Waals surface area contributed by atoms with Crippen LogP contribution < -0.4 is 4.74 Å². The Morgan fingerprint density at radius 3 is 2.86 bits per heavy atom. The summed E-state index contributed by atoms with van der Waals surface area (Å²) in [4.78, 5) is 11.9. The quantitative estimate of drug-likeness (QED) is 0.725. The molecule has 0 aliphatic carbocycles. The molecule has 0 bridgehead atoms. The molecule has 0 fully saturated rings. The first-order valence-electron chi connectivity index (χ1n) is 6.35. The minimum Gasteiger partial charge on any atom is -0.495 e. The molecule has 0 aromatic carbocycles. The first kappa shape index (κ1) is 15.7. The molecule has 0 saturated carbocycles. The zero-order valence-corrected chi connectivity index (χ0v) is 13.4. The van der Waals surface area contributed by atoms with E-state index in [0.29, 0.717) is 23.3 Å². The first-order valence-corrected chi connectivity index (χ1v) is 9.05. The number of ether oxygens (including phenoxy) is 1. The smallest absolute Gasteiger partial charge is 0.153 e.